The highest BCUT2D eigenvalue weighted by molar-refractivity contribution is 9.10. The zero-order valence-electron chi connectivity index (χ0n) is 13.9. The van der Waals surface area contributed by atoms with Crippen molar-refractivity contribution >= 4 is 33.4 Å². The molecule has 0 aliphatic heterocycles. The molecule has 0 fully saturated rings. The van der Waals surface area contributed by atoms with Gasteiger partial charge in [-0.1, -0.05) is 12.1 Å². The fraction of sp³-hybridized carbons (Fsp3) is 0.111. The summed E-state index contributed by atoms with van der Waals surface area (Å²) in [6, 6.07) is 9.81. The molecule has 2 aromatic carbocycles. The summed E-state index contributed by atoms with van der Waals surface area (Å²) in [5.41, 5.74) is 1.24. The van der Waals surface area contributed by atoms with Crippen LogP contribution in [0.4, 0.5) is 20.3 Å². The Morgan fingerprint density at radius 3 is 2.69 bits per heavy atom. The molecule has 3 aromatic rings. The summed E-state index contributed by atoms with van der Waals surface area (Å²) in [6.45, 7) is 1.72. The zero-order valence-corrected chi connectivity index (χ0v) is 15.5. The second kappa shape index (κ2) is 7.25. The van der Waals surface area contributed by atoms with Crippen LogP contribution < -0.4 is 5.32 Å². The van der Waals surface area contributed by atoms with E-state index in [1.165, 1.54) is 11.8 Å². The van der Waals surface area contributed by atoms with Gasteiger partial charge >= 0.3 is 5.97 Å². The Hall–Kier alpha value is -2.74. The molecule has 134 valence electrons. The van der Waals surface area contributed by atoms with Crippen molar-refractivity contribution in [3.8, 4) is 5.69 Å². The first-order valence-electron chi connectivity index (χ1n) is 7.57. The number of carbonyl (C=O) groups is 1. The molecule has 0 aliphatic rings. The van der Waals surface area contributed by atoms with Gasteiger partial charge in [0.1, 0.15) is 23.1 Å². The van der Waals surface area contributed by atoms with E-state index in [4.69, 9.17) is 4.74 Å². The Kier molecular flexibility index (Phi) is 5.03. The summed E-state index contributed by atoms with van der Waals surface area (Å²) >= 11 is 3.40. The number of hydrogen-bond donors (Lipinski definition) is 1. The van der Waals surface area contributed by atoms with Crippen molar-refractivity contribution in [3.05, 3.63) is 69.8 Å². The number of methoxy groups -OCH3 is 1. The van der Waals surface area contributed by atoms with Gasteiger partial charge in [0.25, 0.3) is 0 Å². The molecule has 1 N–H and O–H groups in total. The number of para-hydroxylation sites is 1. The molecule has 0 aliphatic carbocycles. The summed E-state index contributed by atoms with van der Waals surface area (Å²) in [5, 5.41) is 7.31. The molecule has 0 bridgehead atoms. The molecule has 0 radical (unpaired) electrons. The van der Waals surface area contributed by atoms with E-state index in [1.807, 2.05) is 0 Å². The lowest BCUT2D eigenvalue weighted by atomic mass is 10.2. The van der Waals surface area contributed by atoms with Gasteiger partial charge in [-0.25, -0.2) is 18.3 Å². The number of halogens is 3. The van der Waals surface area contributed by atoms with Crippen molar-refractivity contribution in [2.45, 2.75) is 6.92 Å². The average molecular weight is 422 g/mol. The zero-order chi connectivity index (χ0) is 18.8. The normalized spacial score (nSPS) is 10.7. The van der Waals surface area contributed by atoms with Crippen molar-refractivity contribution < 1.29 is 18.3 Å². The number of hydrogen-bond acceptors (Lipinski definition) is 4. The van der Waals surface area contributed by atoms with E-state index in [0.717, 1.165) is 18.2 Å². The molecule has 5 nitrogen and oxygen atoms in total. The van der Waals surface area contributed by atoms with E-state index in [2.05, 4.69) is 26.3 Å². The van der Waals surface area contributed by atoms with Crippen LogP contribution >= 0.6 is 15.9 Å². The highest BCUT2D eigenvalue weighted by atomic mass is 79.9. The first-order chi connectivity index (χ1) is 12.4. The van der Waals surface area contributed by atoms with Crippen molar-refractivity contribution in [1.82, 2.24) is 9.78 Å². The van der Waals surface area contributed by atoms with Gasteiger partial charge in [-0.05, 0) is 47.1 Å². The summed E-state index contributed by atoms with van der Waals surface area (Å²) in [6.07, 6.45) is 0. The number of anilines is 2. The second-order valence-corrected chi connectivity index (χ2v) is 6.21. The van der Waals surface area contributed by atoms with Crippen LogP contribution in [-0.4, -0.2) is 22.9 Å². The quantitative estimate of drug-likeness (QED) is 0.617. The molecule has 0 amide bonds. The molecule has 0 unspecified atom stereocenters. The predicted octanol–water partition coefficient (Wildman–Crippen LogP) is 4.75. The van der Waals surface area contributed by atoms with Crippen LogP contribution in [0.15, 0.2) is 46.9 Å². The van der Waals surface area contributed by atoms with Gasteiger partial charge in [-0.15, -0.1) is 0 Å². The maximum atomic E-state index is 14.2. The maximum absolute atomic E-state index is 14.2. The number of aryl methyl sites for hydroxylation is 1. The van der Waals surface area contributed by atoms with Gasteiger partial charge in [-0.3, -0.25) is 0 Å². The van der Waals surface area contributed by atoms with Gasteiger partial charge < -0.3 is 10.1 Å². The molecular weight excluding hydrogens is 408 g/mol. The smallest absolute Gasteiger partial charge is 0.339 e. The van der Waals surface area contributed by atoms with Crippen molar-refractivity contribution in [2.75, 3.05) is 12.4 Å². The van der Waals surface area contributed by atoms with Crippen LogP contribution in [-0.2, 0) is 4.74 Å². The number of nitrogens with zero attached hydrogens (tertiary/aromatic N) is 2. The Morgan fingerprint density at radius 1 is 1.23 bits per heavy atom. The molecule has 1 aromatic heterocycles. The lowest BCUT2D eigenvalue weighted by molar-refractivity contribution is 0.0602. The third-order valence-corrected chi connectivity index (χ3v) is 4.66. The number of rotatable bonds is 4. The predicted molar refractivity (Wildman–Crippen MR) is 97.0 cm³/mol. The third kappa shape index (κ3) is 3.32. The monoisotopic (exact) mass is 421 g/mol. The first-order valence-corrected chi connectivity index (χ1v) is 8.36. The first kappa shape index (κ1) is 18.1. The Balaban J connectivity index is 2.13. The number of carbonyl (C=O) groups excluding carboxylic acids is 1. The molecular formula is C18H14BrF2N3O2. The second-order valence-electron chi connectivity index (χ2n) is 5.42. The topological polar surface area (TPSA) is 56.1 Å². The Labute approximate surface area is 156 Å². The van der Waals surface area contributed by atoms with Gasteiger partial charge in [0.05, 0.1) is 28.5 Å². The van der Waals surface area contributed by atoms with E-state index >= 15 is 0 Å². The summed E-state index contributed by atoms with van der Waals surface area (Å²) in [4.78, 5) is 12.0. The molecule has 0 atom stereocenters. The Bertz CT molecular complexity index is 989. The standard InChI is InChI=1S/C18H14BrF2N3O2/c1-10-16(19)17(22-14-6-4-3-5-12(14)18(25)26-2)24(23-10)15-9-11(20)7-8-13(15)21/h3-9,22H,1-2H3. The largest absolute Gasteiger partial charge is 0.465 e. The minimum absolute atomic E-state index is 0.0585. The van der Waals surface area contributed by atoms with E-state index in [1.54, 1.807) is 31.2 Å². The van der Waals surface area contributed by atoms with Crippen LogP contribution in [0.1, 0.15) is 16.1 Å². The molecule has 26 heavy (non-hydrogen) atoms. The van der Waals surface area contributed by atoms with Crippen molar-refractivity contribution in [1.29, 1.82) is 0 Å². The number of nitrogens with one attached hydrogen (secondary N) is 1. The average Bonchev–Trinajstić information content (AvgIpc) is 2.92. The van der Waals surface area contributed by atoms with E-state index < -0.39 is 17.6 Å². The van der Waals surface area contributed by atoms with Crippen molar-refractivity contribution in [2.24, 2.45) is 0 Å². The molecule has 8 heteroatoms. The minimum atomic E-state index is -0.634. The number of benzene rings is 2. The van der Waals surface area contributed by atoms with Gasteiger partial charge in [-0.2, -0.15) is 5.10 Å². The van der Waals surface area contributed by atoms with Crippen LogP contribution in [0.5, 0.6) is 0 Å². The number of ether oxygens (including phenoxy) is 1. The molecule has 1 heterocycles. The highest BCUT2D eigenvalue weighted by Gasteiger charge is 2.20. The van der Waals surface area contributed by atoms with Crippen LogP contribution in [0.2, 0.25) is 0 Å². The summed E-state index contributed by atoms with van der Waals surface area (Å²) in [7, 11) is 1.28. The fourth-order valence-corrected chi connectivity index (χ4v) is 2.79. The highest BCUT2D eigenvalue weighted by Crippen LogP contribution is 2.33. The fourth-order valence-electron chi connectivity index (χ4n) is 2.45. The van der Waals surface area contributed by atoms with Crippen molar-refractivity contribution in [3.63, 3.8) is 0 Å². The molecule has 0 spiro atoms. The van der Waals surface area contributed by atoms with Gasteiger partial charge in [0, 0.05) is 6.07 Å². The number of esters is 1. The molecule has 0 saturated heterocycles. The van der Waals surface area contributed by atoms with Crippen LogP contribution in [0.3, 0.4) is 0 Å². The third-order valence-electron chi connectivity index (χ3n) is 3.71. The van der Waals surface area contributed by atoms with Crippen LogP contribution in [0.25, 0.3) is 5.69 Å². The summed E-state index contributed by atoms with van der Waals surface area (Å²) in [5.74, 6) is -1.40. The minimum Gasteiger partial charge on any atom is -0.465 e. The van der Waals surface area contributed by atoms with Gasteiger partial charge in [0.15, 0.2) is 0 Å². The SMILES string of the molecule is COC(=O)c1ccccc1Nc1c(Br)c(C)nn1-c1cc(F)ccc1F. The Morgan fingerprint density at radius 2 is 1.96 bits per heavy atom. The maximum Gasteiger partial charge on any atom is 0.339 e. The lowest BCUT2D eigenvalue weighted by Gasteiger charge is -2.13. The lowest BCUT2D eigenvalue weighted by Crippen LogP contribution is -2.09. The van der Waals surface area contributed by atoms with E-state index in [9.17, 15) is 13.6 Å². The van der Waals surface area contributed by atoms with Gasteiger partial charge in [0.2, 0.25) is 0 Å². The molecule has 3 rings (SSSR count). The molecule has 0 saturated carbocycles. The van der Waals surface area contributed by atoms with E-state index in [-0.39, 0.29) is 5.69 Å². The summed E-state index contributed by atoms with van der Waals surface area (Å²) < 4.78 is 34.4. The number of aromatic nitrogens is 2. The van der Waals surface area contributed by atoms with E-state index in [0.29, 0.717) is 27.2 Å². The van der Waals surface area contributed by atoms with Crippen LogP contribution in [0, 0.1) is 18.6 Å².